The number of halogens is 1. The lowest BCUT2D eigenvalue weighted by Gasteiger charge is -2.34. The smallest absolute Gasteiger partial charge is 0.193 e. The molecule has 0 aromatic heterocycles. The summed E-state index contributed by atoms with van der Waals surface area (Å²) < 4.78 is 11.0. The third-order valence-electron chi connectivity index (χ3n) is 4.86. The first-order chi connectivity index (χ1) is 12.3. The van der Waals surface area contributed by atoms with Gasteiger partial charge in [-0.2, -0.15) is 0 Å². The van der Waals surface area contributed by atoms with E-state index in [1.165, 1.54) is 44.9 Å². The SMILES string of the molecule is CCCCCCCCCNC(=NC)N1CCC(OCCCOC)CC1.I. The number of hydrogen-bond acceptors (Lipinski definition) is 3. The van der Waals surface area contributed by atoms with Gasteiger partial charge in [0.25, 0.3) is 0 Å². The molecule has 1 aliphatic heterocycles. The second-order valence-corrected chi connectivity index (χ2v) is 7.00. The maximum atomic E-state index is 5.93. The molecule has 0 bridgehead atoms. The summed E-state index contributed by atoms with van der Waals surface area (Å²) in [5.41, 5.74) is 0. The minimum atomic E-state index is 0. The maximum Gasteiger partial charge on any atom is 0.193 e. The zero-order chi connectivity index (χ0) is 18.2. The molecule has 0 aromatic rings. The third-order valence-corrected chi connectivity index (χ3v) is 4.86. The number of unbranched alkanes of at least 4 members (excludes halogenated alkanes) is 6. The molecule has 156 valence electrons. The summed E-state index contributed by atoms with van der Waals surface area (Å²) in [5, 5.41) is 3.53. The average molecular weight is 483 g/mol. The Bertz CT molecular complexity index is 335. The van der Waals surface area contributed by atoms with Crippen molar-refractivity contribution in [3.63, 3.8) is 0 Å². The second-order valence-electron chi connectivity index (χ2n) is 7.00. The van der Waals surface area contributed by atoms with E-state index in [1.54, 1.807) is 7.11 Å². The molecule has 0 amide bonds. The standard InChI is InChI=1S/C20H41N3O2.HI/c1-4-5-6-7-8-9-10-14-22-20(21-2)23-15-12-19(13-16-23)25-18-11-17-24-3;/h19H,4-18H2,1-3H3,(H,21,22);1H. The van der Waals surface area contributed by atoms with Crippen LogP contribution in [-0.2, 0) is 9.47 Å². The van der Waals surface area contributed by atoms with Crippen LogP contribution in [0, 0.1) is 0 Å². The summed E-state index contributed by atoms with van der Waals surface area (Å²) in [5.74, 6) is 1.06. The van der Waals surface area contributed by atoms with Crippen molar-refractivity contribution in [2.45, 2.75) is 77.2 Å². The van der Waals surface area contributed by atoms with Crippen LogP contribution in [0.5, 0.6) is 0 Å². The molecular weight excluding hydrogens is 441 g/mol. The van der Waals surface area contributed by atoms with E-state index in [0.29, 0.717) is 6.10 Å². The Morgan fingerprint density at radius 3 is 2.27 bits per heavy atom. The van der Waals surface area contributed by atoms with Gasteiger partial charge in [0, 0.05) is 47.0 Å². The van der Waals surface area contributed by atoms with E-state index in [4.69, 9.17) is 9.47 Å². The highest BCUT2D eigenvalue weighted by atomic mass is 127. The molecule has 0 radical (unpaired) electrons. The molecule has 1 rings (SSSR count). The van der Waals surface area contributed by atoms with Crippen molar-refractivity contribution in [1.82, 2.24) is 10.2 Å². The Balaban J connectivity index is 0.00000625. The van der Waals surface area contributed by atoms with Crippen molar-refractivity contribution in [2.24, 2.45) is 4.99 Å². The Morgan fingerprint density at radius 2 is 1.65 bits per heavy atom. The first-order valence-electron chi connectivity index (χ1n) is 10.4. The lowest BCUT2D eigenvalue weighted by molar-refractivity contribution is 0.00991. The first kappa shape index (κ1) is 25.9. The zero-order valence-electron chi connectivity index (χ0n) is 17.3. The molecular formula is C20H42IN3O2. The van der Waals surface area contributed by atoms with Gasteiger partial charge in [-0.25, -0.2) is 0 Å². The average Bonchev–Trinajstić information content (AvgIpc) is 2.65. The number of ether oxygens (including phenoxy) is 2. The Hall–Kier alpha value is -0.0800. The molecule has 0 saturated carbocycles. The molecule has 5 nitrogen and oxygen atoms in total. The third kappa shape index (κ3) is 12.3. The predicted molar refractivity (Wildman–Crippen MR) is 122 cm³/mol. The topological polar surface area (TPSA) is 46.1 Å². The summed E-state index contributed by atoms with van der Waals surface area (Å²) in [6.45, 7) is 6.97. The molecule has 1 N–H and O–H groups in total. The number of nitrogens with one attached hydrogen (secondary N) is 1. The number of hydrogen-bond donors (Lipinski definition) is 1. The molecule has 6 heteroatoms. The number of methoxy groups -OCH3 is 1. The van der Waals surface area contributed by atoms with Gasteiger partial charge in [0.1, 0.15) is 0 Å². The number of likely N-dealkylation sites (tertiary alicyclic amines) is 1. The number of guanidine groups is 1. The van der Waals surface area contributed by atoms with Crippen LogP contribution in [0.4, 0.5) is 0 Å². The van der Waals surface area contributed by atoms with Gasteiger partial charge >= 0.3 is 0 Å². The Labute approximate surface area is 178 Å². The first-order valence-corrected chi connectivity index (χ1v) is 10.4. The highest BCUT2D eigenvalue weighted by Gasteiger charge is 2.21. The number of piperidine rings is 1. The quantitative estimate of drug-likeness (QED) is 0.182. The van der Waals surface area contributed by atoms with Crippen LogP contribution in [0.1, 0.15) is 71.1 Å². The van der Waals surface area contributed by atoms with Gasteiger partial charge in [0.05, 0.1) is 6.10 Å². The van der Waals surface area contributed by atoms with Gasteiger partial charge in [-0.1, -0.05) is 45.4 Å². The van der Waals surface area contributed by atoms with Crippen molar-refractivity contribution in [3.8, 4) is 0 Å². The van der Waals surface area contributed by atoms with Crippen LogP contribution >= 0.6 is 24.0 Å². The fourth-order valence-corrected chi connectivity index (χ4v) is 3.30. The highest BCUT2D eigenvalue weighted by Crippen LogP contribution is 2.14. The van der Waals surface area contributed by atoms with Crippen molar-refractivity contribution < 1.29 is 9.47 Å². The highest BCUT2D eigenvalue weighted by molar-refractivity contribution is 14.0. The fourth-order valence-electron chi connectivity index (χ4n) is 3.30. The van der Waals surface area contributed by atoms with Crippen LogP contribution in [0.15, 0.2) is 4.99 Å². The van der Waals surface area contributed by atoms with E-state index in [-0.39, 0.29) is 24.0 Å². The van der Waals surface area contributed by atoms with E-state index in [0.717, 1.165) is 58.1 Å². The summed E-state index contributed by atoms with van der Waals surface area (Å²) in [6, 6.07) is 0. The molecule has 26 heavy (non-hydrogen) atoms. The van der Waals surface area contributed by atoms with Gasteiger partial charge in [-0.3, -0.25) is 4.99 Å². The number of rotatable bonds is 13. The molecule has 1 aliphatic rings. The predicted octanol–water partition coefficient (Wildman–Crippen LogP) is 4.45. The van der Waals surface area contributed by atoms with E-state index in [9.17, 15) is 0 Å². The zero-order valence-corrected chi connectivity index (χ0v) is 19.6. The number of nitrogens with zero attached hydrogens (tertiary/aromatic N) is 2. The maximum absolute atomic E-state index is 5.93. The minimum Gasteiger partial charge on any atom is -0.385 e. The normalized spacial score (nSPS) is 15.8. The van der Waals surface area contributed by atoms with E-state index >= 15 is 0 Å². The van der Waals surface area contributed by atoms with Crippen LogP contribution in [0.25, 0.3) is 0 Å². The monoisotopic (exact) mass is 483 g/mol. The molecule has 0 atom stereocenters. The van der Waals surface area contributed by atoms with Gasteiger partial charge in [-0.15, -0.1) is 24.0 Å². The van der Waals surface area contributed by atoms with Gasteiger partial charge in [0.15, 0.2) is 5.96 Å². The Morgan fingerprint density at radius 1 is 1.00 bits per heavy atom. The van der Waals surface area contributed by atoms with Crippen molar-refractivity contribution >= 4 is 29.9 Å². The lowest BCUT2D eigenvalue weighted by atomic mass is 10.1. The largest absolute Gasteiger partial charge is 0.385 e. The van der Waals surface area contributed by atoms with Crippen molar-refractivity contribution in [2.75, 3.05) is 47.0 Å². The molecule has 0 unspecified atom stereocenters. The molecule has 1 heterocycles. The molecule has 0 aliphatic carbocycles. The van der Waals surface area contributed by atoms with Crippen LogP contribution in [0.3, 0.4) is 0 Å². The molecule has 1 fully saturated rings. The van der Waals surface area contributed by atoms with E-state index < -0.39 is 0 Å². The Kier molecular flexibility index (Phi) is 18.2. The minimum absolute atomic E-state index is 0. The number of aliphatic imine (C=N–C) groups is 1. The molecule has 0 spiro atoms. The summed E-state index contributed by atoms with van der Waals surface area (Å²) >= 11 is 0. The summed E-state index contributed by atoms with van der Waals surface area (Å²) in [4.78, 5) is 6.83. The van der Waals surface area contributed by atoms with E-state index in [1.807, 2.05) is 7.05 Å². The van der Waals surface area contributed by atoms with Crippen molar-refractivity contribution in [3.05, 3.63) is 0 Å². The van der Waals surface area contributed by atoms with Crippen LogP contribution < -0.4 is 5.32 Å². The van der Waals surface area contributed by atoms with Crippen LogP contribution in [-0.4, -0.2) is 64.0 Å². The summed E-state index contributed by atoms with van der Waals surface area (Å²) in [7, 11) is 3.63. The fraction of sp³-hybridized carbons (Fsp3) is 0.950. The second kappa shape index (κ2) is 18.3. The summed E-state index contributed by atoms with van der Waals surface area (Å²) in [6.07, 6.45) is 13.0. The molecule has 0 aromatic carbocycles. The van der Waals surface area contributed by atoms with Gasteiger partial charge in [-0.05, 0) is 25.7 Å². The lowest BCUT2D eigenvalue weighted by Crippen LogP contribution is -2.47. The van der Waals surface area contributed by atoms with E-state index in [2.05, 4.69) is 22.1 Å². The van der Waals surface area contributed by atoms with Crippen LogP contribution in [0.2, 0.25) is 0 Å². The van der Waals surface area contributed by atoms with Crippen molar-refractivity contribution in [1.29, 1.82) is 0 Å². The van der Waals surface area contributed by atoms with Gasteiger partial charge < -0.3 is 19.7 Å². The molecule has 1 saturated heterocycles. The van der Waals surface area contributed by atoms with Gasteiger partial charge in [0.2, 0.25) is 0 Å².